The second kappa shape index (κ2) is 11.3. The maximum absolute atomic E-state index is 13.4. The fourth-order valence-electron chi connectivity index (χ4n) is 3.86. The molecule has 35 heavy (non-hydrogen) atoms. The van der Waals surface area contributed by atoms with Crippen molar-refractivity contribution in [1.29, 1.82) is 0 Å². The van der Waals surface area contributed by atoms with Gasteiger partial charge < -0.3 is 15.2 Å². The predicted molar refractivity (Wildman–Crippen MR) is 119 cm³/mol. The Labute approximate surface area is 202 Å². The summed E-state index contributed by atoms with van der Waals surface area (Å²) < 4.78 is 83.9. The molecule has 0 spiro atoms. The van der Waals surface area contributed by atoms with E-state index in [0.717, 1.165) is 17.8 Å². The molecule has 6 nitrogen and oxygen atoms in total. The zero-order valence-corrected chi connectivity index (χ0v) is 19.6. The summed E-state index contributed by atoms with van der Waals surface area (Å²) in [5, 5.41) is 12.0. The molecule has 3 rings (SSSR count). The quantitative estimate of drug-likeness (QED) is 0.386. The molecule has 0 saturated carbocycles. The van der Waals surface area contributed by atoms with Crippen molar-refractivity contribution in [2.45, 2.75) is 45.0 Å². The molecule has 2 heterocycles. The van der Waals surface area contributed by atoms with Crippen LogP contribution >= 0.6 is 11.8 Å². The number of alkyl halides is 6. The van der Waals surface area contributed by atoms with Gasteiger partial charge >= 0.3 is 12.4 Å². The normalized spacial score (nSPS) is 21.7. The third-order valence-corrected chi connectivity index (χ3v) is 6.41. The largest absolute Gasteiger partial charge is 0.416 e. The van der Waals surface area contributed by atoms with Crippen LogP contribution in [0.3, 0.4) is 0 Å². The number of nitrogens with one attached hydrogen (secondary N) is 1. The maximum Gasteiger partial charge on any atom is 0.416 e. The van der Waals surface area contributed by atoms with E-state index in [2.05, 4.69) is 10.3 Å². The molecule has 0 aliphatic carbocycles. The Balaban J connectivity index is 1.64. The number of hydrogen-bond acceptors (Lipinski definition) is 6. The second-order valence-corrected chi connectivity index (χ2v) is 9.14. The smallest absolute Gasteiger partial charge is 0.366 e. The van der Waals surface area contributed by atoms with Crippen molar-refractivity contribution in [3.63, 3.8) is 0 Å². The third kappa shape index (κ3) is 7.69. The topological polar surface area (TPSA) is 74.2 Å². The number of aliphatic hydroxyl groups is 1. The monoisotopic (exact) mass is 525 g/mol. The van der Waals surface area contributed by atoms with E-state index < -0.39 is 29.8 Å². The lowest BCUT2D eigenvalue weighted by atomic mass is 9.95. The van der Waals surface area contributed by atoms with Gasteiger partial charge in [-0.05, 0) is 68.2 Å². The number of allylic oxidation sites excluding steroid dienone is 1. The summed E-state index contributed by atoms with van der Waals surface area (Å²) in [6.07, 6.45) is -7.78. The Hall–Kier alpha value is -2.09. The molecule has 2 N–H and O–H groups in total. The van der Waals surface area contributed by atoms with Gasteiger partial charge in [-0.2, -0.15) is 26.3 Å². The van der Waals surface area contributed by atoms with Gasteiger partial charge in [-0.25, -0.2) is 0 Å². The number of carbonyl (C=O) groups is 1. The van der Waals surface area contributed by atoms with Crippen LogP contribution in [0.25, 0.3) is 0 Å². The minimum absolute atomic E-state index is 0.0400. The molecule has 0 bridgehead atoms. The van der Waals surface area contributed by atoms with E-state index in [0.29, 0.717) is 49.3 Å². The standard InChI is InChI=1S/C22H25F6N3O3S/c1-2-34-18(32)11-29-19-17(35-20(33)30-19)9-13-5-7-31(8-6-13)12-14-3-4-15(21(23,24)25)10-16(14)22(26,27)28/h3-4,9-10,13,18,32H,2,5-8,11-12H2,1H3,(H,29,30,33). The number of aliphatic hydroxyl groups excluding tert-OH is 1. The van der Waals surface area contributed by atoms with Gasteiger partial charge in [-0.3, -0.25) is 14.7 Å². The first-order chi connectivity index (χ1) is 16.4. The minimum atomic E-state index is -4.90. The molecule has 1 aromatic rings. The fourth-order valence-corrected chi connectivity index (χ4v) is 4.68. The summed E-state index contributed by atoms with van der Waals surface area (Å²) in [6, 6.07) is 1.73. The number of thioether (sulfide) groups is 1. The number of amidine groups is 1. The second-order valence-electron chi connectivity index (χ2n) is 8.13. The first-order valence-corrected chi connectivity index (χ1v) is 11.7. The number of rotatable bonds is 7. The number of carbonyl (C=O) groups excluding carboxylic acids is 1. The van der Waals surface area contributed by atoms with Gasteiger partial charge in [0.2, 0.25) is 0 Å². The zero-order valence-electron chi connectivity index (χ0n) is 18.7. The number of hydrogen-bond donors (Lipinski definition) is 2. The molecule has 0 radical (unpaired) electrons. The predicted octanol–water partition coefficient (Wildman–Crippen LogP) is 5.03. The van der Waals surface area contributed by atoms with Gasteiger partial charge in [0.1, 0.15) is 5.84 Å². The number of aliphatic imine (C=N–C) groups is 1. The lowest BCUT2D eigenvalue weighted by Gasteiger charge is -2.31. The number of benzene rings is 1. The Morgan fingerprint density at radius 3 is 2.51 bits per heavy atom. The van der Waals surface area contributed by atoms with Gasteiger partial charge in [0.15, 0.2) is 6.29 Å². The number of amides is 1. The van der Waals surface area contributed by atoms with Crippen LogP contribution in [0.2, 0.25) is 0 Å². The Kier molecular flexibility index (Phi) is 8.89. The molecule has 1 amide bonds. The van der Waals surface area contributed by atoms with Gasteiger partial charge in [0.25, 0.3) is 5.24 Å². The summed E-state index contributed by atoms with van der Waals surface area (Å²) in [7, 11) is 0. The van der Waals surface area contributed by atoms with Crippen LogP contribution in [-0.4, -0.2) is 53.6 Å². The zero-order chi connectivity index (χ0) is 25.8. The molecule has 1 unspecified atom stereocenters. The maximum atomic E-state index is 13.4. The third-order valence-electron chi connectivity index (χ3n) is 5.58. The highest BCUT2D eigenvalue weighted by atomic mass is 32.2. The average Bonchev–Trinajstić information content (AvgIpc) is 3.11. The Morgan fingerprint density at radius 1 is 1.23 bits per heavy atom. The SMILES string of the molecule is CCOC(O)CN=C1NC(=O)SC1=CC1CCN(Cc2ccc(C(F)(F)F)cc2C(F)(F)F)CC1. The first kappa shape index (κ1) is 27.5. The van der Waals surface area contributed by atoms with Gasteiger partial charge in [0.05, 0.1) is 22.6 Å². The highest BCUT2D eigenvalue weighted by Gasteiger charge is 2.38. The van der Waals surface area contributed by atoms with Crippen LogP contribution in [0.1, 0.15) is 36.5 Å². The molecule has 2 fully saturated rings. The average molecular weight is 526 g/mol. The molecule has 2 aliphatic rings. The number of halogens is 6. The van der Waals surface area contributed by atoms with Crippen molar-refractivity contribution in [2.24, 2.45) is 10.9 Å². The molecule has 1 aromatic carbocycles. The van der Waals surface area contributed by atoms with E-state index in [-0.39, 0.29) is 35.9 Å². The Bertz CT molecular complexity index is 972. The molecule has 2 aliphatic heterocycles. The number of piperidine rings is 1. The molecular formula is C22H25F6N3O3S. The van der Waals surface area contributed by atoms with Crippen molar-refractivity contribution >= 4 is 22.8 Å². The van der Waals surface area contributed by atoms with Crippen LogP contribution in [0, 0.1) is 5.92 Å². The van der Waals surface area contributed by atoms with Gasteiger partial charge in [-0.15, -0.1) is 0 Å². The van der Waals surface area contributed by atoms with E-state index in [1.807, 2.05) is 6.08 Å². The van der Waals surface area contributed by atoms with Crippen LogP contribution in [0.15, 0.2) is 34.2 Å². The van der Waals surface area contributed by atoms with E-state index in [4.69, 9.17) is 4.74 Å². The molecule has 1 atom stereocenters. The Morgan fingerprint density at radius 2 is 1.91 bits per heavy atom. The van der Waals surface area contributed by atoms with Crippen LogP contribution < -0.4 is 5.32 Å². The van der Waals surface area contributed by atoms with Crippen molar-refractivity contribution in [3.8, 4) is 0 Å². The lowest BCUT2D eigenvalue weighted by Crippen LogP contribution is -2.33. The first-order valence-electron chi connectivity index (χ1n) is 10.9. The van der Waals surface area contributed by atoms with Gasteiger partial charge in [0, 0.05) is 13.2 Å². The number of nitrogens with zero attached hydrogens (tertiary/aromatic N) is 2. The number of ether oxygens (including phenoxy) is 1. The summed E-state index contributed by atoms with van der Waals surface area (Å²) in [4.78, 5) is 18.4. The molecule has 0 aromatic heterocycles. The van der Waals surface area contributed by atoms with Crippen LogP contribution in [0.5, 0.6) is 0 Å². The number of likely N-dealkylation sites (tertiary alicyclic amines) is 1. The molecule has 2 saturated heterocycles. The van der Waals surface area contributed by atoms with Crippen molar-refractivity contribution in [1.82, 2.24) is 10.2 Å². The van der Waals surface area contributed by atoms with Crippen molar-refractivity contribution in [2.75, 3.05) is 26.2 Å². The van der Waals surface area contributed by atoms with Crippen molar-refractivity contribution in [3.05, 3.63) is 45.9 Å². The van der Waals surface area contributed by atoms with E-state index in [1.54, 1.807) is 11.8 Å². The summed E-state index contributed by atoms with van der Waals surface area (Å²) >= 11 is 0.971. The highest BCUT2D eigenvalue weighted by Crippen LogP contribution is 2.38. The lowest BCUT2D eigenvalue weighted by molar-refractivity contribution is -0.143. The van der Waals surface area contributed by atoms with E-state index in [9.17, 15) is 36.2 Å². The van der Waals surface area contributed by atoms with E-state index in [1.165, 1.54) is 0 Å². The summed E-state index contributed by atoms with van der Waals surface area (Å²) in [5.41, 5.74) is -2.81. The fraction of sp³-hybridized carbons (Fsp3) is 0.545. The van der Waals surface area contributed by atoms with Gasteiger partial charge in [-0.1, -0.05) is 12.1 Å². The van der Waals surface area contributed by atoms with Crippen molar-refractivity contribution < 1.29 is 41.0 Å². The highest BCUT2D eigenvalue weighted by molar-refractivity contribution is 8.18. The summed E-state index contributed by atoms with van der Waals surface area (Å²) in [5.74, 6) is 0.374. The molecule has 194 valence electrons. The molecule has 13 heteroatoms. The minimum Gasteiger partial charge on any atom is -0.366 e. The molecular weight excluding hydrogens is 500 g/mol. The van der Waals surface area contributed by atoms with Crippen LogP contribution in [0.4, 0.5) is 31.1 Å². The van der Waals surface area contributed by atoms with Crippen LogP contribution in [-0.2, 0) is 23.6 Å². The van der Waals surface area contributed by atoms with E-state index >= 15 is 0 Å². The summed E-state index contributed by atoms with van der Waals surface area (Å²) in [6.45, 7) is 2.75.